The van der Waals surface area contributed by atoms with Crippen LogP contribution in [0.15, 0.2) is 57.3 Å². The molecule has 4 rings (SSSR count). The van der Waals surface area contributed by atoms with Gasteiger partial charge in [-0.2, -0.15) is 0 Å². The number of anilines is 2. The third-order valence-corrected chi connectivity index (χ3v) is 8.42. The minimum Gasteiger partial charge on any atom is -0.506 e. The standard InChI is InChI=1S/C28H35N3O6S/c1-16(2)13-14-28(6)19-10-8-7-9-18(19)23(32)22(24(28)33)25-29-20-12-11-17(15-21(20)38(36,37)30-25)31(26(34)35)27(3,4)5/h7-12,15-16,32,36-37H,13-14H2,1-6H3,(H,29,30)(H,34,35)/t28-/m1/s1. The van der Waals surface area contributed by atoms with E-state index in [1.54, 1.807) is 39.0 Å². The molecule has 0 bridgehead atoms. The molecule has 5 N–H and O–H groups in total. The summed E-state index contributed by atoms with van der Waals surface area (Å²) >= 11 is 0. The second kappa shape index (κ2) is 9.44. The van der Waals surface area contributed by atoms with E-state index in [2.05, 4.69) is 23.6 Å². The average Bonchev–Trinajstić information content (AvgIpc) is 2.80. The molecule has 9 nitrogen and oxygen atoms in total. The Bertz CT molecular complexity index is 1370. The number of nitrogens with one attached hydrogen (secondary N) is 1. The van der Waals surface area contributed by atoms with Gasteiger partial charge in [0.25, 0.3) is 0 Å². The van der Waals surface area contributed by atoms with Crippen LogP contribution in [0.4, 0.5) is 16.2 Å². The second-order valence-corrected chi connectivity index (χ2v) is 13.1. The first-order valence-corrected chi connectivity index (χ1v) is 14.0. The molecule has 0 aromatic heterocycles. The number of carbonyl (C=O) groups is 2. The third-order valence-electron chi connectivity index (χ3n) is 7.05. The number of nitrogens with zero attached hydrogens (tertiary/aromatic N) is 2. The number of hydrogen-bond acceptors (Lipinski definition) is 7. The summed E-state index contributed by atoms with van der Waals surface area (Å²) in [6, 6.07) is 11.6. The van der Waals surface area contributed by atoms with Crippen LogP contribution in [0.1, 0.15) is 65.5 Å². The van der Waals surface area contributed by atoms with E-state index in [1.165, 1.54) is 12.1 Å². The summed E-state index contributed by atoms with van der Waals surface area (Å²) < 4.78 is 26.3. The monoisotopic (exact) mass is 541 g/mol. The second-order valence-electron chi connectivity index (χ2n) is 11.4. The number of amidine groups is 1. The van der Waals surface area contributed by atoms with Crippen molar-refractivity contribution in [3.63, 3.8) is 0 Å². The van der Waals surface area contributed by atoms with E-state index >= 15 is 0 Å². The summed E-state index contributed by atoms with van der Waals surface area (Å²) in [7, 11) is -3.85. The van der Waals surface area contributed by atoms with Gasteiger partial charge in [0.15, 0.2) is 11.6 Å². The number of carboxylic acid groups (broad SMARTS) is 1. The number of benzene rings is 2. The number of fused-ring (bicyclic) bond motifs is 2. The van der Waals surface area contributed by atoms with Crippen molar-refractivity contribution >= 4 is 45.6 Å². The van der Waals surface area contributed by atoms with E-state index in [1.807, 2.05) is 19.1 Å². The molecule has 1 amide bonds. The van der Waals surface area contributed by atoms with Crippen LogP contribution in [0.2, 0.25) is 0 Å². The molecule has 10 heteroatoms. The van der Waals surface area contributed by atoms with E-state index in [9.17, 15) is 28.9 Å². The van der Waals surface area contributed by atoms with Gasteiger partial charge in [0.05, 0.1) is 11.1 Å². The van der Waals surface area contributed by atoms with Crippen LogP contribution >= 0.6 is 10.8 Å². The highest BCUT2D eigenvalue weighted by atomic mass is 32.3. The Morgan fingerprint density at radius 2 is 1.82 bits per heavy atom. The number of aliphatic hydroxyl groups excluding tert-OH is 1. The summed E-state index contributed by atoms with van der Waals surface area (Å²) in [4.78, 5) is 27.1. The van der Waals surface area contributed by atoms with Gasteiger partial charge in [0, 0.05) is 16.8 Å². The predicted molar refractivity (Wildman–Crippen MR) is 151 cm³/mol. The van der Waals surface area contributed by atoms with Gasteiger partial charge in [0.1, 0.15) is 16.2 Å². The van der Waals surface area contributed by atoms with Crippen LogP contribution in [0, 0.1) is 5.92 Å². The number of amides is 1. The van der Waals surface area contributed by atoms with Crippen molar-refractivity contribution in [2.75, 3.05) is 10.2 Å². The topological polar surface area (TPSA) is 143 Å². The lowest BCUT2D eigenvalue weighted by Crippen LogP contribution is -2.45. The van der Waals surface area contributed by atoms with E-state index in [0.29, 0.717) is 17.9 Å². The highest BCUT2D eigenvalue weighted by molar-refractivity contribution is 8.23. The van der Waals surface area contributed by atoms with E-state index in [-0.39, 0.29) is 39.2 Å². The van der Waals surface area contributed by atoms with Crippen LogP contribution in [0.3, 0.4) is 0 Å². The van der Waals surface area contributed by atoms with Gasteiger partial charge in [-0.05, 0) is 70.2 Å². The molecular weight excluding hydrogens is 506 g/mol. The molecule has 0 spiro atoms. The van der Waals surface area contributed by atoms with E-state index < -0.39 is 27.8 Å². The van der Waals surface area contributed by atoms with Crippen molar-refractivity contribution in [2.45, 2.75) is 70.2 Å². The molecule has 2 aromatic rings. The first-order chi connectivity index (χ1) is 17.6. The van der Waals surface area contributed by atoms with Crippen LogP contribution < -0.4 is 10.2 Å². The molecule has 2 aliphatic rings. The van der Waals surface area contributed by atoms with Gasteiger partial charge in [-0.15, -0.1) is 4.40 Å². The molecule has 1 aliphatic heterocycles. The number of Topliss-reactive ketones (excluding diaryl/α,β-unsaturated/α-hetero) is 1. The maximum atomic E-state index is 14.0. The van der Waals surface area contributed by atoms with Gasteiger partial charge < -0.3 is 15.5 Å². The van der Waals surface area contributed by atoms with Gasteiger partial charge >= 0.3 is 6.09 Å². The Kier molecular flexibility index (Phi) is 6.88. The minimum absolute atomic E-state index is 0.000526. The molecule has 0 saturated heterocycles. The molecule has 0 unspecified atom stereocenters. The lowest BCUT2D eigenvalue weighted by atomic mass is 9.66. The zero-order chi connectivity index (χ0) is 28.2. The van der Waals surface area contributed by atoms with E-state index in [4.69, 9.17) is 0 Å². The van der Waals surface area contributed by atoms with Crippen molar-refractivity contribution < 1.29 is 28.9 Å². The van der Waals surface area contributed by atoms with Gasteiger partial charge in [-0.3, -0.25) is 18.8 Å². The molecule has 38 heavy (non-hydrogen) atoms. The van der Waals surface area contributed by atoms with Crippen molar-refractivity contribution in [1.82, 2.24) is 0 Å². The Morgan fingerprint density at radius 1 is 1.16 bits per heavy atom. The zero-order valence-corrected chi connectivity index (χ0v) is 23.3. The van der Waals surface area contributed by atoms with Gasteiger partial charge in [-0.25, -0.2) is 4.79 Å². The number of ketones is 1. The summed E-state index contributed by atoms with van der Waals surface area (Å²) in [5.74, 6) is -0.421. The fraction of sp³-hybridized carbons (Fsp3) is 0.393. The molecule has 1 heterocycles. The molecular formula is C28H35N3O6S. The normalized spacial score (nSPS) is 21.3. The smallest absolute Gasteiger partial charge is 0.412 e. The van der Waals surface area contributed by atoms with Crippen LogP contribution in [-0.4, -0.2) is 42.6 Å². The zero-order valence-electron chi connectivity index (χ0n) is 22.4. The molecule has 204 valence electrons. The summed E-state index contributed by atoms with van der Waals surface area (Å²) in [6.45, 7) is 11.2. The highest BCUT2D eigenvalue weighted by Crippen LogP contribution is 2.57. The number of carbonyl (C=O) groups excluding carboxylic acids is 1. The minimum atomic E-state index is -3.85. The summed E-state index contributed by atoms with van der Waals surface area (Å²) in [6.07, 6.45) is 0.127. The van der Waals surface area contributed by atoms with Crippen molar-refractivity contribution in [3.05, 3.63) is 59.2 Å². The van der Waals surface area contributed by atoms with Gasteiger partial charge in [0.2, 0.25) is 0 Å². The Balaban J connectivity index is 1.83. The third kappa shape index (κ3) is 4.68. The largest absolute Gasteiger partial charge is 0.506 e. The van der Waals surface area contributed by atoms with Crippen LogP contribution in [0.25, 0.3) is 5.76 Å². The SMILES string of the molecule is CC(C)CC[C@@]1(C)C(=O)C(C2=NS(O)(O)c3cc(N(C(=O)O)C(C)(C)C)ccc3N2)=C(O)c2ccccc21. The number of rotatable bonds is 5. The molecule has 0 fully saturated rings. The maximum absolute atomic E-state index is 14.0. The maximum Gasteiger partial charge on any atom is 0.412 e. The molecule has 0 saturated carbocycles. The van der Waals surface area contributed by atoms with Gasteiger partial charge in [-0.1, -0.05) is 48.9 Å². The van der Waals surface area contributed by atoms with Crippen molar-refractivity contribution in [3.8, 4) is 0 Å². The Labute approximate surface area is 224 Å². The lowest BCUT2D eigenvalue weighted by Gasteiger charge is -2.40. The van der Waals surface area contributed by atoms with E-state index in [0.717, 1.165) is 16.9 Å². The fourth-order valence-corrected chi connectivity index (χ4v) is 6.24. The quantitative estimate of drug-likeness (QED) is 0.272. The number of hydrogen-bond donors (Lipinski definition) is 5. The van der Waals surface area contributed by atoms with Crippen molar-refractivity contribution in [1.29, 1.82) is 0 Å². The Hall–Kier alpha value is -3.34. The molecule has 0 radical (unpaired) electrons. The average molecular weight is 542 g/mol. The molecule has 1 atom stereocenters. The summed E-state index contributed by atoms with van der Waals surface area (Å²) in [5.41, 5.74) is -0.128. The highest BCUT2D eigenvalue weighted by Gasteiger charge is 2.46. The Morgan fingerprint density at radius 3 is 2.42 bits per heavy atom. The number of aliphatic hydroxyl groups is 1. The summed E-state index contributed by atoms with van der Waals surface area (Å²) in [5, 5.41) is 24.0. The lowest BCUT2D eigenvalue weighted by molar-refractivity contribution is -0.120. The fourth-order valence-electron chi connectivity index (χ4n) is 5.06. The molecule has 2 aromatic carbocycles. The van der Waals surface area contributed by atoms with Crippen LogP contribution in [0.5, 0.6) is 0 Å². The first kappa shape index (κ1) is 27.7. The van der Waals surface area contributed by atoms with Crippen LogP contribution in [-0.2, 0) is 10.2 Å². The molecule has 1 aliphatic carbocycles. The van der Waals surface area contributed by atoms with Crippen molar-refractivity contribution in [2.24, 2.45) is 10.3 Å². The predicted octanol–water partition coefficient (Wildman–Crippen LogP) is 7.06. The first-order valence-electron chi connectivity index (χ1n) is 12.5.